The summed E-state index contributed by atoms with van der Waals surface area (Å²) in [6.07, 6.45) is 16.8. The molecule has 304 valence electrons. The molecule has 7 heteroatoms. The van der Waals surface area contributed by atoms with Crippen LogP contribution >= 0.6 is 68.0 Å². The van der Waals surface area contributed by atoms with Gasteiger partial charge < -0.3 is 0 Å². The van der Waals surface area contributed by atoms with E-state index in [1.165, 1.54) is 145 Å². The lowest BCUT2D eigenvalue weighted by atomic mass is 9.94. The molecule has 1 aromatic carbocycles. The van der Waals surface area contributed by atoms with Gasteiger partial charge in [0.25, 0.3) is 0 Å². The van der Waals surface area contributed by atoms with E-state index >= 15 is 0 Å². The van der Waals surface area contributed by atoms with Gasteiger partial charge in [-0.1, -0.05) is 106 Å². The normalized spacial score (nSPS) is 13.8. The molecule has 6 aromatic heterocycles. The lowest BCUT2D eigenvalue weighted by molar-refractivity contribution is 0.0912. The van der Waals surface area contributed by atoms with Gasteiger partial charge in [-0.05, 0) is 93.8 Å². The Morgan fingerprint density at radius 1 is 0.544 bits per heavy atom. The van der Waals surface area contributed by atoms with Gasteiger partial charge in [-0.3, -0.25) is 4.79 Å². The van der Waals surface area contributed by atoms with Crippen LogP contribution in [0.4, 0.5) is 0 Å². The molecule has 3 atom stereocenters. The number of rotatable bonds is 21. The predicted octanol–water partition coefficient (Wildman–Crippen LogP) is 19.0. The summed E-state index contributed by atoms with van der Waals surface area (Å²) in [6, 6.07) is 17.0. The molecular formula is C50H62OS6. The summed E-state index contributed by atoms with van der Waals surface area (Å²) >= 11 is 11.7. The van der Waals surface area contributed by atoms with Crippen LogP contribution in [0.5, 0.6) is 0 Å². The lowest BCUT2D eigenvalue weighted by Gasteiger charge is -2.13. The van der Waals surface area contributed by atoms with E-state index in [0.717, 1.165) is 42.4 Å². The fourth-order valence-electron chi connectivity index (χ4n) is 8.73. The summed E-state index contributed by atoms with van der Waals surface area (Å²) in [5.41, 5.74) is 2.86. The number of fused-ring (bicyclic) bond motifs is 3. The number of hydrogen-bond acceptors (Lipinski definition) is 7. The number of hydrogen-bond donors (Lipinski definition) is 0. The van der Waals surface area contributed by atoms with Gasteiger partial charge in [0.05, 0.1) is 14.5 Å². The van der Waals surface area contributed by atoms with Gasteiger partial charge in [0.2, 0.25) is 0 Å². The average Bonchev–Trinajstić information content (AvgIpc) is 4.07. The highest BCUT2D eigenvalue weighted by molar-refractivity contribution is 7.32. The van der Waals surface area contributed by atoms with E-state index in [0.29, 0.717) is 5.78 Å². The van der Waals surface area contributed by atoms with Crippen molar-refractivity contribution in [1.82, 2.24) is 0 Å². The smallest absolute Gasteiger partial charge is 0.175 e. The number of ketones is 1. The number of thiophene rings is 6. The number of benzene rings is 1. The van der Waals surface area contributed by atoms with Gasteiger partial charge in [-0.25, -0.2) is 0 Å². The zero-order chi connectivity index (χ0) is 40.2. The van der Waals surface area contributed by atoms with Crippen LogP contribution in [0.3, 0.4) is 0 Å². The molecule has 0 radical (unpaired) electrons. The maximum absolute atomic E-state index is 13.9. The van der Waals surface area contributed by atoms with Crippen LogP contribution in [0.15, 0.2) is 42.5 Å². The first-order chi connectivity index (χ1) is 27.7. The molecule has 6 heterocycles. The van der Waals surface area contributed by atoms with E-state index in [2.05, 4.69) is 97.9 Å². The first kappa shape index (κ1) is 43.0. The molecule has 0 saturated heterocycles. The molecule has 7 rings (SSSR count). The minimum Gasteiger partial charge on any atom is -0.293 e. The van der Waals surface area contributed by atoms with E-state index < -0.39 is 0 Å². The summed E-state index contributed by atoms with van der Waals surface area (Å²) in [5, 5.41) is 4.09. The molecule has 57 heavy (non-hydrogen) atoms. The number of carbonyl (C=O) groups is 1. The van der Waals surface area contributed by atoms with Crippen molar-refractivity contribution in [2.75, 3.05) is 0 Å². The highest BCUT2D eigenvalue weighted by Crippen LogP contribution is 2.55. The van der Waals surface area contributed by atoms with Crippen molar-refractivity contribution in [2.45, 2.75) is 145 Å². The summed E-state index contributed by atoms with van der Waals surface area (Å²) < 4.78 is 4.15. The Labute approximate surface area is 366 Å². The molecule has 0 bridgehead atoms. The molecule has 7 aromatic rings. The van der Waals surface area contributed by atoms with Gasteiger partial charge in [-0.2, -0.15) is 0 Å². The molecule has 0 spiro atoms. The molecule has 3 unspecified atom stereocenters. The van der Waals surface area contributed by atoms with E-state index in [1.807, 2.05) is 56.7 Å². The van der Waals surface area contributed by atoms with Crippen molar-refractivity contribution in [3.8, 4) is 30.6 Å². The number of aryl methyl sites for hydroxylation is 2. The molecule has 0 fully saturated rings. The van der Waals surface area contributed by atoms with Crippen molar-refractivity contribution in [1.29, 1.82) is 0 Å². The van der Waals surface area contributed by atoms with Crippen LogP contribution < -0.4 is 0 Å². The van der Waals surface area contributed by atoms with Gasteiger partial charge in [-0.15, -0.1) is 68.0 Å². The van der Waals surface area contributed by atoms with E-state index in [9.17, 15) is 4.79 Å². The number of Topliss-reactive ketones (excluding diaryl/α,β-unsaturated/α-hetero) is 1. The summed E-state index contributed by atoms with van der Waals surface area (Å²) in [7, 11) is 0. The van der Waals surface area contributed by atoms with Crippen LogP contribution in [0.2, 0.25) is 0 Å². The van der Waals surface area contributed by atoms with Crippen molar-refractivity contribution >= 4 is 104 Å². The molecule has 0 N–H and O–H groups in total. The Morgan fingerprint density at radius 2 is 1.11 bits per heavy atom. The van der Waals surface area contributed by atoms with Crippen molar-refractivity contribution < 1.29 is 4.79 Å². The maximum atomic E-state index is 13.9. The number of unbranched alkanes of at least 4 members (excludes halogenated alkanes) is 3. The van der Waals surface area contributed by atoms with Gasteiger partial charge in [0, 0.05) is 76.7 Å². The maximum Gasteiger partial charge on any atom is 0.175 e. The Balaban J connectivity index is 1.39. The molecule has 0 aliphatic rings. The predicted molar refractivity (Wildman–Crippen MR) is 264 cm³/mol. The molecule has 0 amide bonds. The highest BCUT2D eigenvalue weighted by atomic mass is 32.1. The lowest BCUT2D eigenvalue weighted by Crippen LogP contribution is -2.12. The first-order valence-corrected chi connectivity index (χ1v) is 26.9. The third-order valence-corrected chi connectivity index (χ3v) is 19.3. The van der Waals surface area contributed by atoms with E-state index in [1.54, 1.807) is 11.3 Å². The van der Waals surface area contributed by atoms with E-state index in [4.69, 9.17) is 0 Å². The third-order valence-electron chi connectivity index (χ3n) is 12.3. The minimum absolute atomic E-state index is 0.121. The van der Waals surface area contributed by atoms with Crippen LogP contribution in [0.1, 0.15) is 148 Å². The Kier molecular flexibility index (Phi) is 14.7. The quantitative estimate of drug-likeness (QED) is 0.0658. The summed E-state index contributed by atoms with van der Waals surface area (Å²) in [6.45, 7) is 18.3. The molecule has 0 saturated carbocycles. The van der Waals surface area contributed by atoms with Gasteiger partial charge in [0.1, 0.15) is 0 Å². The Morgan fingerprint density at radius 3 is 1.67 bits per heavy atom. The standard InChI is InChI=1S/C50H62OS6/c1-9-15-18-32(12-4)26-35-21-23-40(54-35)44-38-25-30(7)52-47(38)45(41-24-22-36(55-41)27-33(13-5)19-16-10-2)39-29-43(57-48(39)44)50-49-37(31(8)53-50)28-42(56-49)46(51)34(14-6)20-17-11-3/h21-25,28-29,32-34H,9-20,26-27H2,1-8H3. The first-order valence-electron chi connectivity index (χ1n) is 22.0. The summed E-state index contributed by atoms with van der Waals surface area (Å²) in [4.78, 5) is 26.1. The van der Waals surface area contributed by atoms with Crippen molar-refractivity contribution in [2.24, 2.45) is 17.8 Å². The monoisotopic (exact) mass is 870 g/mol. The number of carbonyl (C=O) groups excluding carboxylic acids is 1. The highest BCUT2D eigenvalue weighted by Gasteiger charge is 2.27. The SMILES string of the molecule is CCCCC(CC)Cc1ccc(-c2c3cc(-c4sc(C)c5cc(C(=O)C(CC)CCCC)sc45)sc3c(-c3ccc(CC(CC)CCCC)s3)c3cc(C)sc23)s1. The second-order valence-corrected chi connectivity index (χ2v) is 23.4. The molecular weight excluding hydrogens is 809 g/mol. The van der Waals surface area contributed by atoms with Crippen molar-refractivity contribution in [3.63, 3.8) is 0 Å². The van der Waals surface area contributed by atoms with E-state index in [-0.39, 0.29) is 5.92 Å². The molecule has 0 aliphatic carbocycles. The fourth-order valence-corrected chi connectivity index (χ4v) is 16.3. The largest absolute Gasteiger partial charge is 0.293 e. The Bertz CT molecular complexity index is 2310. The zero-order valence-electron chi connectivity index (χ0n) is 35.5. The van der Waals surface area contributed by atoms with Crippen LogP contribution in [0, 0.1) is 31.6 Å². The summed E-state index contributed by atoms with van der Waals surface area (Å²) in [5.74, 6) is 1.98. The third kappa shape index (κ3) is 9.15. The zero-order valence-corrected chi connectivity index (χ0v) is 40.4. The second kappa shape index (κ2) is 19.5. The average molecular weight is 871 g/mol. The van der Waals surface area contributed by atoms with Crippen molar-refractivity contribution in [3.05, 3.63) is 66.9 Å². The molecule has 0 aliphatic heterocycles. The van der Waals surface area contributed by atoms with Crippen LogP contribution in [0.25, 0.3) is 60.9 Å². The van der Waals surface area contributed by atoms with Crippen LogP contribution in [-0.4, -0.2) is 5.78 Å². The van der Waals surface area contributed by atoms with Gasteiger partial charge in [0.15, 0.2) is 5.78 Å². The second-order valence-electron chi connectivity index (χ2n) is 16.4. The minimum atomic E-state index is 0.121. The fraction of sp³-hybridized carbons (Fsp3) is 0.500. The Hall–Kier alpha value is -2.13. The van der Waals surface area contributed by atoms with Gasteiger partial charge >= 0.3 is 0 Å². The topological polar surface area (TPSA) is 17.1 Å². The molecule has 1 nitrogen and oxygen atoms in total. The van der Waals surface area contributed by atoms with Crippen LogP contribution in [-0.2, 0) is 12.8 Å².